The van der Waals surface area contributed by atoms with E-state index < -0.39 is 6.10 Å². The third kappa shape index (κ3) is 3.25. The van der Waals surface area contributed by atoms with Crippen LogP contribution in [0.2, 0.25) is 0 Å². The van der Waals surface area contributed by atoms with Crippen LogP contribution in [0, 0.1) is 0 Å². The Morgan fingerprint density at radius 3 is 2.48 bits per heavy atom. The Hall–Kier alpha value is -3.60. The van der Waals surface area contributed by atoms with Crippen LogP contribution in [0.25, 0.3) is 16.3 Å². The van der Waals surface area contributed by atoms with Crippen LogP contribution >= 0.6 is 0 Å². The number of ketones is 1. The monoisotopic (exact) mass is 386 g/mol. The minimum atomic E-state index is -0.730. The highest BCUT2D eigenvalue weighted by molar-refractivity contribution is 6.25. The lowest BCUT2D eigenvalue weighted by Crippen LogP contribution is -2.21. The molecule has 5 nitrogen and oxygen atoms in total. The maximum atomic E-state index is 13.4. The number of hydrogen-bond donors (Lipinski definition) is 1. The first-order valence-corrected chi connectivity index (χ1v) is 9.44. The van der Waals surface area contributed by atoms with Gasteiger partial charge in [-0.3, -0.25) is 9.59 Å². The molecule has 1 amide bonds. The molecule has 0 spiro atoms. The van der Waals surface area contributed by atoms with Crippen molar-refractivity contribution in [1.29, 1.82) is 0 Å². The highest BCUT2D eigenvalue weighted by Gasteiger charge is 2.37. The van der Waals surface area contributed by atoms with Gasteiger partial charge in [-0.15, -0.1) is 0 Å². The number of Topliss-reactive ketones (excluding diaryl/α,β-unsaturated/α-hetero) is 1. The molecule has 1 heterocycles. The molecule has 0 saturated heterocycles. The number of nitrogens with one attached hydrogen (secondary N) is 1. The summed E-state index contributed by atoms with van der Waals surface area (Å²) in [6.45, 7) is 0. The number of fused-ring (bicyclic) bond motifs is 1. The molecule has 0 fully saturated rings. The molecule has 1 N–H and O–H groups in total. The SMILES string of the molecule is CNC1=C(c2cccc(C(=O)N(C)C)c2)C(=O)C(c2cccc3ccccc23)O1. The second-order valence-corrected chi connectivity index (χ2v) is 7.17. The number of carbonyl (C=O) groups excluding carboxylic acids is 2. The fraction of sp³-hybridized carbons (Fsp3) is 0.167. The zero-order valence-electron chi connectivity index (χ0n) is 16.6. The fourth-order valence-electron chi connectivity index (χ4n) is 3.68. The van der Waals surface area contributed by atoms with Crippen LogP contribution in [0.3, 0.4) is 0 Å². The third-order valence-corrected chi connectivity index (χ3v) is 5.08. The smallest absolute Gasteiger partial charge is 0.253 e. The van der Waals surface area contributed by atoms with Crippen LogP contribution < -0.4 is 5.32 Å². The minimum Gasteiger partial charge on any atom is -0.462 e. The Morgan fingerprint density at radius 2 is 1.72 bits per heavy atom. The lowest BCUT2D eigenvalue weighted by atomic mass is 9.93. The van der Waals surface area contributed by atoms with Gasteiger partial charge in [-0.1, -0.05) is 54.6 Å². The molecule has 0 bridgehead atoms. The molecule has 4 rings (SSSR count). The Balaban J connectivity index is 1.77. The summed E-state index contributed by atoms with van der Waals surface area (Å²) in [5.74, 6) is 0.179. The molecule has 3 aromatic rings. The van der Waals surface area contributed by atoms with Crippen molar-refractivity contribution in [1.82, 2.24) is 10.2 Å². The molecule has 3 aromatic carbocycles. The first kappa shape index (κ1) is 18.7. The largest absolute Gasteiger partial charge is 0.462 e. The van der Waals surface area contributed by atoms with Gasteiger partial charge in [0.15, 0.2) is 12.0 Å². The molecule has 1 atom stereocenters. The fourth-order valence-corrected chi connectivity index (χ4v) is 3.68. The van der Waals surface area contributed by atoms with Gasteiger partial charge in [0, 0.05) is 32.3 Å². The summed E-state index contributed by atoms with van der Waals surface area (Å²) >= 11 is 0. The Kier molecular flexibility index (Phi) is 4.80. The molecule has 5 heteroatoms. The van der Waals surface area contributed by atoms with Crippen LogP contribution in [0.15, 0.2) is 72.6 Å². The van der Waals surface area contributed by atoms with Crippen molar-refractivity contribution in [3.8, 4) is 0 Å². The molecule has 1 aliphatic rings. The lowest BCUT2D eigenvalue weighted by Gasteiger charge is -2.14. The van der Waals surface area contributed by atoms with Gasteiger partial charge in [0.2, 0.25) is 5.78 Å². The van der Waals surface area contributed by atoms with E-state index in [9.17, 15) is 9.59 Å². The topological polar surface area (TPSA) is 58.6 Å². The molecular formula is C24H22N2O3. The van der Waals surface area contributed by atoms with E-state index in [2.05, 4.69) is 5.32 Å². The zero-order chi connectivity index (χ0) is 20.5. The molecule has 146 valence electrons. The number of amides is 1. The molecule has 0 saturated carbocycles. The summed E-state index contributed by atoms with van der Waals surface area (Å²) in [5.41, 5.74) is 2.47. The molecular weight excluding hydrogens is 364 g/mol. The maximum absolute atomic E-state index is 13.4. The van der Waals surface area contributed by atoms with E-state index in [0.29, 0.717) is 22.6 Å². The van der Waals surface area contributed by atoms with Crippen LogP contribution in [0.1, 0.15) is 27.6 Å². The summed E-state index contributed by atoms with van der Waals surface area (Å²) in [6, 6.07) is 20.9. The van der Waals surface area contributed by atoms with Gasteiger partial charge in [-0.2, -0.15) is 0 Å². The van der Waals surface area contributed by atoms with Gasteiger partial charge in [-0.25, -0.2) is 0 Å². The Morgan fingerprint density at radius 1 is 1.00 bits per heavy atom. The summed E-state index contributed by atoms with van der Waals surface area (Å²) in [7, 11) is 5.13. The van der Waals surface area contributed by atoms with Crippen molar-refractivity contribution in [3.05, 3.63) is 89.3 Å². The predicted molar refractivity (Wildman–Crippen MR) is 113 cm³/mol. The number of carbonyl (C=O) groups is 2. The van der Waals surface area contributed by atoms with Crippen molar-refractivity contribution in [2.75, 3.05) is 21.1 Å². The van der Waals surface area contributed by atoms with Gasteiger partial charge in [0.05, 0.1) is 5.57 Å². The van der Waals surface area contributed by atoms with Crippen molar-refractivity contribution >= 4 is 28.0 Å². The van der Waals surface area contributed by atoms with Gasteiger partial charge < -0.3 is 15.0 Å². The molecule has 1 aliphatic heterocycles. The first-order chi connectivity index (χ1) is 14.0. The highest BCUT2D eigenvalue weighted by Crippen LogP contribution is 2.39. The van der Waals surface area contributed by atoms with Crippen molar-refractivity contribution in [3.63, 3.8) is 0 Å². The zero-order valence-corrected chi connectivity index (χ0v) is 16.6. The molecule has 0 aliphatic carbocycles. The summed E-state index contributed by atoms with van der Waals surface area (Å²) in [5, 5.41) is 5.05. The van der Waals surface area contributed by atoms with E-state index >= 15 is 0 Å². The molecule has 0 radical (unpaired) electrons. The second kappa shape index (κ2) is 7.43. The second-order valence-electron chi connectivity index (χ2n) is 7.17. The Bertz CT molecular complexity index is 1140. The van der Waals surface area contributed by atoms with E-state index in [1.54, 1.807) is 39.3 Å². The van der Waals surface area contributed by atoms with Crippen LogP contribution in [-0.4, -0.2) is 37.7 Å². The number of nitrogens with zero attached hydrogens (tertiary/aromatic N) is 1. The highest BCUT2D eigenvalue weighted by atomic mass is 16.5. The van der Waals surface area contributed by atoms with Crippen molar-refractivity contribution in [2.45, 2.75) is 6.10 Å². The van der Waals surface area contributed by atoms with E-state index in [4.69, 9.17) is 4.74 Å². The normalized spacial score (nSPS) is 16.1. The van der Waals surface area contributed by atoms with Gasteiger partial charge in [0.25, 0.3) is 5.91 Å². The summed E-state index contributed by atoms with van der Waals surface area (Å²) in [4.78, 5) is 27.3. The maximum Gasteiger partial charge on any atom is 0.253 e. The van der Waals surface area contributed by atoms with Crippen LogP contribution in [0.4, 0.5) is 0 Å². The molecule has 29 heavy (non-hydrogen) atoms. The average Bonchev–Trinajstić information content (AvgIpc) is 3.08. The van der Waals surface area contributed by atoms with Gasteiger partial charge in [-0.05, 0) is 28.5 Å². The van der Waals surface area contributed by atoms with Crippen LogP contribution in [-0.2, 0) is 9.53 Å². The predicted octanol–water partition coefficient (Wildman–Crippen LogP) is 3.77. The van der Waals surface area contributed by atoms with E-state index in [1.165, 1.54) is 4.90 Å². The Labute approximate surface area is 169 Å². The van der Waals surface area contributed by atoms with E-state index in [-0.39, 0.29) is 11.7 Å². The summed E-state index contributed by atoms with van der Waals surface area (Å²) in [6.07, 6.45) is -0.730. The molecule has 0 aromatic heterocycles. The standard InChI is InChI=1S/C24H22N2O3/c1-25-23-20(16-10-6-11-17(14-16)24(28)26(2)3)21(27)22(29-23)19-13-7-9-15-8-4-5-12-18(15)19/h4-14,22,25H,1-3H3. The number of rotatable bonds is 4. The van der Waals surface area contributed by atoms with Gasteiger partial charge in [0.1, 0.15) is 0 Å². The van der Waals surface area contributed by atoms with Gasteiger partial charge >= 0.3 is 0 Å². The third-order valence-electron chi connectivity index (χ3n) is 5.08. The van der Waals surface area contributed by atoms with Crippen LogP contribution in [0.5, 0.6) is 0 Å². The number of ether oxygens (including phenoxy) is 1. The summed E-state index contributed by atoms with van der Waals surface area (Å²) < 4.78 is 6.06. The minimum absolute atomic E-state index is 0.115. The lowest BCUT2D eigenvalue weighted by molar-refractivity contribution is -0.120. The average molecular weight is 386 g/mol. The van der Waals surface area contributed by atoms with Crippen molar-refractivity contribution < 1.29 is 14.3 Å². The van der Waals surface area contributed by atoms with E-state index in [1.807, 2.05) is 48.5 Å². The van der Waals surface area contributed by atoms with E-state index in [0.717, 1.165) is 16.3 Å². The quantitative estimate of drug-likeness (QED) is 0.742. The first-order valence-electron chi connectivity index (χ1n) is 9.44. The number of benzene rings is 3. The van der Waals surface area contributed by atoms with Crippen molar-refractivity contribution in [2.24, 2.45) is 0 Å². The number of hydrogen-bond acceptors (Lipinski definition) is 4. The molecule has 1 unspecified atom stereocenters.